The Hall–Kier alpha value is -0.610. The highest BCUT2D eigenvalue weighted by atomic mass is 16.5. The van der Waals surface area contributed by atoms with Gasteiger partial charge in [-0.2, -0.15) is 0 Å². The van der Waals surface area contributed by atoms with Crippen LogP contribution in [0.2, 0.25) is 0 Å². The maximum Gasteiger partial charge on any atom is 0.306 e. The molecular formula is C11H21NO3. The Morgan fingerprint density at radius 3 is 2.60 bits per heavy atom. The first-order chi connectivity index (χ1) is 7.26. The average Bonchev–Trinajstić information content (AvgIpc) is 3.05. The van der Waals surface area contributed by atoms with Crippen LogP contribution in [0, 0.1) is 5.92 Å². The average molecular weight is 215 g/mol. The fraction of sp³-hybridized carbons (Fsp3) is 0.909. The van der Waals surface area contributed by atoms with E-state index in [9.17, 15) is 4.79 Å². The smallest absolute Gasteiger partial charge is 0.306 e. The molecule has 0 atom stereocenters. The van der Waals surface area contributed by atoms with Crippen LogP contribution in [0.5, 0.6) is 0 Å². The number of rotatable bonds is 8. The zero-order chi connectivity index (χ0) is 11.1. The minimum absolute atomic E-state index is 0.131. The van der Waals surface area contributed by atoms with Gasteiger partial charge in [-0.05, 0) is 18.8 Å². The van der Waals surface area contributed by atoms with Crippen LogP contribution in [0.3, 0.4) is 0 Å². The molecule has 88 valence electrons. The molecule has 1 fully saturated rings. The van der Waals surface area contributed by atoms with Crippen LogP contribution >= 0.6 is 0 Å². The predicted octanol–water partition coefficient (Wildman–Crippen LogP) is 0.908. The van der Waals surface area contributed by atoms with Gasteiger partial charge < -0.3 is 14.4 Å². The molecule has 15 heavy (non-hydrogen) atoms. The molecule has 0 aromatic heterocycles. The third kappa shape index (κ3) is 5.74. The predicted molar refractivity (Wildman–Crippen MR) is 57.7 cm³/mol. The molecule has 0 aromatic carbocycles. The molecule has 1 aliphatic carbocycles. The van der Waals surface area contributed by atoms with Gasteiger partial charge in [0.1, 0.15) is 0 Å². The maximum atomic E-state index is 11.0. The van der Waals surface area contributed by atoms with Crippen LogP contribution in [0.25, 0.3) is 0 Å². The van der Waals surface area contributed by atoms with Crippen molar-refractivity contribution in [3.05, 3.63) is 0 Å². The molecule has 0 bridgehead atoms. The molecule has 0 N–H and O–H groups in total. The van der Waals surface area contributed by atoms with E-state index in [4.69, 9.17) is 4.74 Å². The lowest BCUT2D eigenvalue weighted by molar-refractivity contribution is -0.141. The van der Waals surface area contributed by atoms with Crippen LogP contribution in [-0.2, 0) is 14.3 Å². The number of carbonyl (C=O) groups excluding carboxylic acids is 1. The van der Waals surface area contributed by atoms with E-state index in [1.807, 2.05) is 0 Å². The molecule has 4 heteroatoms. The van der Waals surface area contributed by atoms with Crippen molar-refractivity contribution in [2.24, 2.45) is 5.92 Å². The summed E-state index contributed by atoms with van der Waals surface area (Å²) >= 11 is 0. The van der Waals surface area contributed by atoms with Gasteiger partial charge in [0.15, 0.2) is 0 Å². The molecule has 1 saturated carbocycles. The topological polar surface area (TPSA) is 38.8 Å². The first kappa shape index (κ1) is 12.5. The summed E-state index contributed by atoms with van der Waals surface area (Å²) < 4.78 is 9.68. The van der Waals surface area contributed by atoms with Gasteiger partial charge in [0.2, 0.25) is 0 Å². The summed E-state index contributed by atoms with van der Waals surface area (Å²) in [5.41, 5.74) is 0. The van der Waals surface area contributed by atoms with Gasteiger partial charge in [0, 0.05) is 26.7 Å². The highest BCUT2D eigenvalue weighted by Gasteiger charge is 2.24. The Labute approximate surface area is 91.5 Å². The Balaban J connectivity index is 2.17. The lowest BCUT2D eigenvalue weighted by atomic mass is 10.3. The summed E-state index contributed by atoms with van der Waals surface area (Å²) in [7, 11) is 3.14. The molecule has 0 unspecified atom stereocenters. The number of carbonyl (C=O) groups is 1. The maximum absolute atomic E-state index is 11.0. The van der Waals surface area contributed by atoms with Crippen molar-refractivity contribution in [2.75, 3.05) is 40.5 Å². The first-order valence-corrected chi connectivity index (χ1v) is 5.54. The van der Waals surface area contributed by atoms with Crippen LogP contribution < -0.4 is 0 Å². The number of ether oxygens (including phenoxy) is 2. The molecule has 0 heterocycles. The summed E-state index contributed by atoms with van der Waals surface area (Å²) in [4.78, 5) is 13.3. The van der Waals surface area contributed by atoms with E-state index in [0.29, 0.717) is 6.42 Å². The summed E-state index contributed by atoms with van der Waals surface area (Å²) in [5, 5.41) is 0. The molecule has 0 aliphatic heterocycles. The highest BCUT2D eigenvalue weighted by molar-refractivity contribution is 5.69. The molecule has 0 aromatic rings. The van der Waals surface area contributed by atoms with Crippen LogP contribution in [0.15, 0.2) is 0 Å². The van der Waals surface area contributed by atoms with Gasteiger partial charge in [0.25, 0.3) is 0 Å². The molecule has 0 radical (unpaired) electrons. The largest absolute Gasteiger partial charge is 0.469 e. The van der Waals surface area contributed by atoms with Crippen LogP contribution in [-0.4, -0.2) is 51.3 Å². The highest BCUT2D eigenvalue weighted by Crippen LogP contribution is 2.29. The van der Waals surface area contributed by atoms with Crippen LogP contribution in [0.1, 0.15) is 19.3 Å². The van der Waals surface area contributed by atoms with Crippen molar-refractivity contribution < 1.29 is 14.3 Å². The Morgan fingerprint density at radius 2 is 2.07 bits per heavy atom. The normalized spacial score (nSPS) is 15.7. The minimum Gasteiger partial charge on any atom is -0.469 e. The summed E-state index contributed by atoms with van der Waals surface area (Å²) in [5.74, 6) is 0.715. The fourth-order valence-corrected chi connectivity index (χ4v) is 1.53. The molecule has 0 spiro atoms. The molecule has 4 nitrogen and oxygen atoms in total. The molecule has 0 saturated heterocycles. The summed E-state index contributed by atoms with van der Waals surface area (Å²) in [6.07, 6.45) is 3.15. The summed E-state index contributed by atoms with van der Waals surface area (Å²) in [6, 6.07) is 0. The summed E-state index contributed by atoms with van der Waals surface area (Å²) in [6.45, 7) is 3.52. The number of methoxy groups -OCH3 is 2. The zero-order valence-corrected chi connectivity index (χ0v) is 9.70. The van der Waals surface area contributed by atoms with E-state index >= 15 is 0 Å². The number of esters is 1. The molecule has 0 amide bonds. The van der Waals surface area contributed by atoms with Gasteiger partial charge in [0.05, 0.1) is 20.1 Å². The number of nitrogens with zero attached hydrogens (tertiary/aromatic N) is 1. The van der Waals surface area contributed by atoms with Gasteiger partial charge in [-0.1, -0.05) is 0 Å². The minimum atomic E-state index is -0.131. The Bertz CT molecular complexity index is 192. The second kappa shape index (κ2) is 6.80. The van der Waals surface area contributed by atoms with Gasteiger partial charge in [-0.3, -0.25) is 4.79 Å². The number of hydrogen-bond donors (Lipinski definition) is 0. The van der Waals surface area contributed by atoms with Gasteiger partial charge in [-0.25, -0.2) is 0 Å². The van der Waals surface area contributed by atoms with Crippen molar-refractivity contribution in [3.63, 3.8) is 0 Å². The lowest BCUT2D eigenvalue weighted by Gasteiger charge is -2.20. The van der Waals surface area contributed by atoms with Crippen molar-refractivity contribution in [2.45, 2.75) is 19.3 Å². The first-order valence-electron chi connectivity index (χ1n) is 5.54. The third-order valence-electron chi connectivity index (χ3n) is 2.68. The zero-order valence-electron chi connectivity index (χ0n) is 9.70. The van der Waals surface area contributed by atoms with E-state index in [2.05, 4.69) is 9.64 Å². The van der Waals surface area contributed by atoms with E-state index in [-0.39, 0.29) is 5.97 Å². The number of hydrogen-bond acceptors (Lipinski definition) is 4. The lowest BCUT2D eigenvalue weighted by Crippen LogP contribution is -2.31. The van der Waals surface area contributed by atoms with E-state index < -0.39 is 0 Å². The molecule has 1 aliphatic rings. The van der Waals surface area contributed by atoms with E-state index in [0.717, 1.165) is 32.2 Å². The Morgan fingerprint density at radius 1 is 1.33 bits per heavy atom. The van der Waals surface area contributed by atoms with Crippen molar-refractivity contribution in [3.8, 4) is 0 Å². The monoisotopic (exact) mass is 215 g/mol. The van der Waals surface area contributed by atoms with Gasteiger partial charge >= 0.3 is 5.97 Å². The van der Waals surface area contributed by atoms with Crippen molar-refractivity contribution in [1.29, 1.82) is 0 Å². The van der Waals surface area contributed by atoms with Gasteiger partial charge in [-0.15, -0.1) is 0 Å². The molecular weight excluding hydrogens is 194 g/mol. The second-order valence-corrected chi connectivity index (χ2v) is 4.06. The van der Waals surface area contributed by atoms with E-state index in [1.165, 1.54) is 20.0 Å². The van der Waals surface area contributed by atoms with Crippen LogP contribution in [0.4, 0.5) is 0 Å². The SMILES string of the molecule is COCCN(CCC(=O)OC)CC1CC1. The quantitative estimate of drug-likeness (QED) is 0.564. The van der Waals surface area contributed by atoms with Crippen molar-refractivity contribution in [1.82, 2.24) is 4.90 Å². The fourth-order valence-electron chi connectivity index (χ4n) is 1.53. The van der Waals surface area contributed by atoms with Crippen molar-refractivity contribution >= 4 is 5.97 Å². The molecule has 1 rings (SSSR count). The standard InChI is InChI=1S/C11H21NO3/c1-14-8-7-12(9-10-3-4-10)6-5-11(13)15-2/h10H,3-9H2,1-2H3. The third-order valence-corrected chi connectivity index (χ3v) is 2.68. The Kier molecular flexibility index (Phi) is 5.65. The second-order valence-electron chi connectivity index (χ2n) is 4.06. The van der Waals surface area contributed by atoms with E-state index in [1.54, 1.807) is 7.11 Å².